The molecule has 0 atom stereocenters. The van der Waals surface area contributed by atoms with E-state index in [1.54, 1.807) is 11.3 Å². The van der Waals surface area contributed by atoms with E-state index < -0.39 is 0 Å². The molecule has 0 aliphatic heterocycles. The number of hydrogen-bond acceptors (Lipinski definition) is 3. The Morgan fingerprint density at radius 3 is 2.89 bits per heavy atom. The number of rotatable bonds is 4. The van der Waals surface area contributed by atoms with Crippen LogP contribution in [0.1, 0.15) is 41.1 Å². The fraction of sp³-hybridized carbons (Fsp3) is 0.385. The number of aryl methyl sites for hydroxylation is 1. The minimum Gasteiger partial charge on any atom is -0.345 e. The lowest BCUT2D eigenvalue weighted by Gasteiger charge is -2.12. The summed E-state index contributed by atoms with van der Waals surface area (Å²) in [6.45, 7) is 6.51. The third kappa shape index (κ3) is 3.45. The van der Waals surface area contributed by atoms with Crippen LogP contribution in [0.25, 0.3) is 0 Å². The molecular weight excluding hydrogens is 326 g/mol. The summed E-state index contributed by atoms with van der Waals surface area (Å²) >= 11 is 5.00. The van der Waals surface area contributed by atoms with Gasteiger partial charge in [-0.1, -0.05) is 0 Å². The molecule has 1 amide bonds. The molecule has 102 valence electrons. The molecule has 2 rings (SSSR count). The van der Waals surface area contributed by atoms with Crippen molar-refractivity contribution in [2.24, 2.45) is 0 Å². The van der Waals surface area contributed by atoms with Crippen molar-refractivity contribution < 1.29 is 4.79 Å². The van der Waals surface area contributed by atoms with Crippen LogP contribution in [0.2, 0.25) is 0 Å². The predicted octanol–water partition coefficient (Wildman–Crippen LogP) is 3.53. The summed E-state index contributed by atoms with van der Waals surface area (Å²) in [5, 5.41) is 5.88. The van der Waals surface area contributed by atoms with Crippen LogP contribution in [-0.4, -0.2) is 15.5 Å². The molecular formula is C13H16BrN3OS. The SMILES string of the molecule is Cc1nc(CNC(=O)c2cc(Br)cn2C(C)C)cs1. The number of nitrogens with one attached hydrogen (secondary N) is 1. The lowest BCUT2D eigenvalue weighted by Crippen LogP contribution is -2.26. The van der Waals surface area contributed by atoms with Gasteiger partial charge >= 0.3 is 0 Å². The van der Waals surface area contributed by atoms with Crippen LogP contribution in [0.3, 0.4) is 0 Å². The number of hydrogen-bond donors (Lipinski definition) is 1. The highest BCUT2D eigenvalue weighted by molar-refractivity contribution is 9.10. The predicted molar refractivity (Wildman–Crippen MR) is 80.5 cm³/mol. The average Bonchev–Trinajstić information content (AvgIpc) is 2.92. The van der Waals surface area contributed by atoms with Crippen LogP contribution < -0.4 is 5.32 Å². The number of nitrogens with zero attached hydrogens (tertiary/aromatic N) is 2. The van der Waals surface area contributed by atoms with Crippen molar-refractivity contribution in [3.8, 4) is 0 Å². The fourth-order valence-corrected chi connectivity index (χ4v) is 2.86. The Labute approximate surface area is 125 Å². The summed E-state index contributed by atoms with van der Waals surface area (Å²) in [5.41, 5.74) is 1.56. The van der Waals surface area contributed by atoms with Gasteiger partial charge in [0.05, 0.1) is 17.2 Å². The summed E-state index contributed by atoms with van der Waals surface area (Å²) in [6, 6.07) is 2.08. The molecule has 4 nitrogen and oxygen atoms in total. The Morgan fingerprint density at radius 1 is 1.58 bits per heavy atom. The van der Waals surface area contributed by atoms with Gasteiger partial charge in [-0.2, -0.15) is 0 Å². The molecule has 0 saturated heterocycles. The Hall–Kier alpha value is -1.14. The lowest BCUT2D eigenvalue weighted by molar-refractivity contribution is 0.0939. The molecule has 2 aromatic rings. The van der Waals surface area contributed by atoms with Crippen LogP contribution in [0.4, 0.5) is 0 Å². The van der Waals surface area contributed by atoms with E-state index in [0.29, 0.717) is 12.2 Å². The van der Waals surface area contributed by atoms with Gasteiger partial charge in [0.15, 0.2) is 0 Å². The third-order valence-electron chi connectivity index (χ3n) is 2.70. The molecule has 19 heavy (non-hydrogen) atoms. The highest BCUT2D eigenvalue weighted by Crippen LogP contribution is 2.19. The Morgan fingerprint density at radius 2 is 2.32 bits per heavy atom. The highest BCUT2D eigenvalue weighted by Gasteiger charge is 2.14. The first-order valence-electron chi connectivity index (χ1n) is 6.04. The zero-order chi connectivity index (χ0) is 14.0. The maximum Gasteiger partial charge on any atom is 0.268 e. The molecule has 0 saturated carbocycles. The van der Waals surface area contributed by atoms with Crippen molar-refractivity contribution in [2.45, 2.75) is 33.4 Å². The van der Waals surface area contributed by atoms with Gasteiger partial charge in [-0.25, -0.2) is 4.98 Å². The second-order valence-corrected chi connectivity index (χ2v) is 6.56. The second-order valence-electron chi connectivity index (χ2n) is 4.59. The smallest absolute Gasteiger partial charge is 0.268 e. The van der Waals surface area contributed by atoms with Crippen molar-refractivity contribution in [3.63, 3.8) is 0 Å². The average molecular weight is 342 g/mol. The number of aromatic nitrogens is 2. The van der Waals surface area contributed by atoms with E-state index in [1.807, 2.05) is 43.0 Å². The summed E-state index contributed by atoms with van der Waals surface area (Å²) in [6.07, 6.45) is 1.92. The van der Waals surface area contributed by atoms with E-state index in [2.05, 4.69) is 26.2 Å². The molecule has 0 fully saturated rings. The van der Waals surface area contributed by atoms with E-state index in [0.717, 1.165) is 15.2 Å². The Balaban J connectivity index is 2.07. The van der Waals surface area contributed by atoms with Gasteiger partial charge in [-0.15, -0.1) is 11.3 Å². The highest BCUT2D eigenvalue weighted by atomic mass is 79.9. The minimum absolute atomic E-state index is 0.0787. The molecule has 0 spiro atoms. The lowest BCUT2D eigenvalue weighted by atomic mass is 10.3. The van der Waals surface area contributed by atoms with Crippen LogP contribution in [0, 0.1) is 6.92 Å². The molecule has 2 aromatic heterocycles. The first-order valence-corrected chi connectivity index (χ1v) is 7.71. The first-order chi connectivity index (χ1) is 8.97. The maximum absolute atomic E-state index is 12.2. The largest absolute Gasteiger partial charge is 0.345 e. The van der Waals surface area contributed by atoms with Crippen LogP contribution in [0.15, 0.2) is 22.1 Å². The first kappa shape index (κ1) is 14.3. The van der Waals surface area contributed by atoms with E-state index in [4.69, 9.17) is 0 Å². The van der Waals surface area contributed by atoms with E-state index in [1.165, 1.54) is 0 Å². The zero-order valence-corrected chi connectivity index (χ0v) is 13.5. The van der Waals surface area contributed by atoms with Crippen LogP contribution in [-0.2, 0) is 6.54 Å². The maximum atomic E-state index is 12.2. The normalized spacial score (nSPS) is 11.0. The summed E-state index contributed by atoms with van der Waals surface area (Å²) < 4.78 is 2.86. The van der Waals surface area contributed by atoms with Crippen molar-refractivity contribution in [3.05, 3.63) is 38.5 Å². The molecule has 2 heterocycles. The fourth-order valence-electron chi connectivity index (χ4n) is 1.81. The van der Waals surface area contributed by atoms with Gasteiger partial charge in [-0.3, -0.25) is 4.79 Å². The Kier molecular flexibility index (Phi) is 4.42. The molecule has 0 bridgehead atoms. The number of carbonyl (C=O) groups is 1. The van der Waals surface area contributed by atoms with Gasteiger partial charge in [0.2, 0.25) is 0 Å². The molecule has 0 aliphatic rings. The number of amides is 1. The van der Waals surface area contributed by atoms with Gasteiger partial charge in [-0.05, 0) is 42.8 Å². The van der Waals surface area contributed by atoms with Crippen LogP contribution >= 0.6 is 27.3 Å². The molecule has 0 radical (unpaired) electrons. The summed E-state index contributed by atoms with van der Waals surface area (Å²) in [7, 11) is 0. The van der Waals surface area contributed by atoms with Crippen molar-refractivity contribution >= 4 is 33.2 Å². The van der Waals surface area contributed by atoms with Crippen molar-refractivity contribution in [2.75, 3.05) is 0 Å². The van der Waals surface area contributed by atoms with Crippen molar-refractivity contribution in [1.82, 2.24) is 14.9 Å². The number of carbonyl (C=O) groups excluding carboxylic acids is 1. The standard InChI is InChI=1S/C13H16BrN3OS/c1-8(2)17-6-10(14)4-12(17)13(18)15-5-11-7-19-9(3)16-11/h4,6-8H,5H2,1-3H3,(H,15,18). The van der Waals surface area contributed by atoms with E-state index >= 15 is 0 Å². The molecule has 0 aromatic carbocycles. The van der Waals surface area contributed by atoms with Crippen LogP contribution in [0.5, 0.6) is 0 Å². The Bertz CT molecular complexity index is 588. The number of halogens is 1. The van der Waals surface area contributed by atoms with Gasteiger partial charge in [0, 0.05) is 22.1 Å². The molecule has 6 heteroatoms. The van der Waals surface area contributed by atoms with Crippen molar-refractivity contribution in [1.29, 1.82) is 0 Å². The molecule has 1 N–H and O–H groups in total. The van der Waals surface area contributed by atoms with Gasteiger partial charge < -0.3 is 9.88 Å². The third-order valence-corrected chi connectivity index (χ3v) is 3.96. The number of thiazole rings is 1. The summed E-state index contributed by atoms with van der Waals surface area (Å²) in [5.74, 6) is -0.0787. The molecule has 0 aliphatic carbocycles. The monoisotopic (exact) mass is 341 g/mol. The quantitative estimate of drug-likeness (QED) is 0.924. The second kappa shape index (κ2) is 5.88. The minimum atomic E-state index is -0.0787. The van der Waals surface area contributed by atoms with Gasteiger partial charge in [0.25, 0.3) is 5.91 Å². The summed E-state index contributed by atoms with van der Waals surface area (Å²) in [4.78, 5) is 16.5. The zero-order valence-electron chi connectivity index (χ0n) is 11.1. The topological polar surface area (TPSA) is 46.9 Å². The van der Waals surface area contributed by atoms with E-state index in [-0.39, 0.29) is 11.9 Å². The van der Waals surface area contributed by atoms with E-state index in [9.17, 15) is 4.79 Å². The van der Waals surface area contributed by atoms with Gasteiger partial charge in [0.1, 0.15) is 5.69 Å². The molecule has 0 unspecified atom stereocenters.